The second kappa shape index (κ2) is 9.60. The monoisotopic (exact) mass is 410 g/mol. The lowest BCUT2D eigenvalue weighted by molar-refractivity contribution is 0.102. The number of ketones is 1. The quantitative estimate of drug-likeness (QED) is 0.387. The zero-order valence-electron chi connectivity index (χ0n) is 17.3. The van der Waals surface area contributed by atoms with Gasteiger partial charge in [-0.25, -0.2) is 0 Å². The third-order valence-corrected chi connectivity index (χ3v) is 5.85. The second-order valence-corrected chi connectivity index (χ2v) is 7.47. The van der Waals surface area contributed by atoms with Gasteiger partial charge < -0.3 is 14.2 Å². The lowest BCUT2D eigenvalue weighted by Crippen LogP contribution is -2.21. The lowest BCUT2D eigenvalue weighted by atomic mass is 10.1. The first-order chi connectivity index (χ1) is 14.1. The summed E-state index contributed by atoms with van der Waals surface area (Å²) in [6.45, 7) is 6.25. The Morgan fingerprint density at radius 1 is 1.03 bits per heavy atom. The molecule has 3 aromatic rings. The fraction of sp³-hybridized carbons (Fsp3) is 0.318. The summed E-state index contributed by atoms with van der Waals surface area (Å²) in [6.07, 6.45) is 0. The van der Waals surface area contributed by atoms with Crippen molar-refractivity contribution in [3.63, 3.8) is 0 Å². The first-order valence-electron chi connectivity index (χ1n) is 9.62. The first kappa shape index (κ1) is 20.9. The Morgan fingerprint density at radius 3 is 2.28 bits per heavy atom. The minimum atomic E-state index is 0.0470. The van der Waals surface area contributed by atoms with Crippen molar-refractivity contribution in [3.8, 4) is 17.1 Å². The summed E-state index contributed by atoms with van der Waals surface area (Å²) in [5, 5.41) is 9.31. The molecule has 7 heteroatoms. The van der Waals surface area contributed by atoms with Crippen LogP contribution in [0.25, 0.3) is 11.4 Å². The third kappa shape index (κ3) is 4.79. The number of aromatic nitrogens is 3. The number of hydrogen-bond donors (Lipinski definition) is 0. The molecule has 29 heavy (non-hydrogen) atoms. The predicted molar refractivity (Wildman–Crippen MR) is 118 cm³/mol. The summed E-state index contributed by atoms with van der Waals surface area (Å²) >= 11 is 1.39. The third-order valence-electron chi connectivity index (χ3n) is 4.83. The summed E-state index contributed by atoms with van der Waals surface area (Å²) in [7, 11) is 3.53. The summed E-state index contributed by atoms with van der Waals surface area (Å²) < 4.78 is 7.06. The van der Waals surface area contributed by atoms with E-state index in [0.29, 0.717) is 11.3 Å². The minimum Gasteiger partial charge on any atom is -0.497 e. The highest BCUT2D eigenvalue weighted by atomic mass is 32.2. The van der Waals surface area contributed by atoms with Crippen LogP contribution in [0.5, 0.6) is 5.75 Å². The molecule has 0 amide bonds. The largest absolute Gasteiger partial charge is 0.497 e. The second-order valence-electron chi connectivity index (χ2n) is 6.52. The number of methoxy groups -OCH3 is 1. The Bertz CT molecular complexity index is 948. The van der Waals surface area contributed by atoms with E-state index in [1.807, 2.05) is 11.6 Å². The van der Waals surface area contributed by atoms with Gasteiger partial charge in [0.25, 0.3) is 0 Å². The van der Waals surface area contributed by atoms with Crippen LogP contribution in [-0.4, -0.2) is 46.5 Å². The van der Waals surface area contributed by atoms with Crippen molar-refractivity contribution >= 4 is 23.2 Å². The highest BCUT2D eigenvalue weighted by Crippen LogP contribution is 2.25. The number of ether oxygens (including phenoxy) is 1. The number of carbonyl (C=O) groups is 1. The van der Waals surface area contributed by atoms with E-state index in [1.54, 1.807) is 31.4 Å². The van der Waals surface area contributed by atoms with Gasteiger partial charge in [0.15, 0.2) is 16.8 Å². The molecule has 0 spiro atoms. The van der Waals surface area contributed by atoms with Crippen LogP contribution in [0.4, 0.5) is 5.69 Å². The van der Waals surface area contributed by atoms with Gasteiger partial charge in [0, 0.05) is 37.0 Å². The average molecular weight is 411 g/mol. The summed E-state index contributed by atoms with van der Waals surface area (Å²) in [6, 6.07) is 15.5. The maximum Gasteiger partial charge on any atom is 0.191 e. The molecule has 0 aliphatic carbocycles. The Balaban J connectivity index is 1.68. The van der Waals surface area contributed by atoms with Gasteiger partial charge in [0.1, 0.15) is 5.75 Å². The minimum absolute atomic E-state index is 0.0470. The van der Waals surface area contributed by atoms with Crippen LogP contribution in [0.2, 0.25) is 0 Å². The predicted octanol–water partition coefficient (Wildman–Crippen LogP) is 4.31. The maximum absolute atomic E-state index is 12.4. The smallest absolute Gasteiger partial charge is 0.191 e. The molecule has 1 aromatic heterocycles. The van der Waals surface area contributed by atoms with E-state index >= 15 is 0 Å². The van der Waals surface area contributed by atoms with E-state index in [0.717, 1.165) is 35.4 Å². The topological polar surface area (TPSA) is 60.3 Å². The van der Waals surface area contributed by atoms with Crippen molar-refractivity contribution in [2.75, 3.05) is 30.9 Å². The molecule has 0 saturated carbocycles. The van der Waals surface area contributed by atoms with Crippen molar-refractivity contribution in [1.82, 2.24) is 14.8 Å². The van der Waals surface area contributed by atoms with Crippen LogP contribution in [0, 0.1) is 0 Å². The zero-order valence-corrected chi connectivity index (χ0v) is 18.1. The van der Waals surface area contributed by atoms with Gasteiger partial charge in [0.2, 0.25) is 0 Å². The van der Waals surface area contributed by atoms with Gasteiger partial charge in [-0.15, -0.1) is 10.2 Å². The molecule has 0 bridgehead atoms. The Kier molecular flexibility index (Phi) is 6.93. The Hall–Kier alpha value is -2.80. The maximum atomic E-state index is 12.4. The molecule has 0 fully saturated rings. The number of hydrogen-bond acceptors (Lipinski definition) is 6. The molecule has 0 unspecified atom stereocenters. The molecular formula is C22H26N4O2S. The van der Waals surface area contributed by atoms with Gasteiger partial charge in [0.05, 0.1) is 12.9 Å². The molecule has 0 N–H and O–H groups in total. The summed E-state index contributed by atoms with van der Waals surface area (Å²) in [5.41, 5.74) is 2.86. The number of nitrogens with zero attached hydrogens (tertiary/aromatic N) is 4. The van der Waals surface area contributed by atoms with Crippen molar-refractivity contribution in [2.24, 2.45) is 7.05 Å². The van der Waals surface area contributed by atoms with Crippen molar-refractivity contribution in [3.05, 3.63) is 54.1 Å². The molecule has 1 heterocycles. The van der Waals surface area contributed by atoms with Crippen molar-refractivity contribution in [1.29, 1.82) is 0 Å². The van der Waals surface area contributed by atoms with Crippen LogP contribution in [0.15, 0.2) is 53.7 Å². The van der Waals surface area contributed by atoms with Crippen LogP contribution in [-0.2, 0) is 7.05 Å². The lowest BCUT2D eigenvalue weighted by Gasteiger charge is -2.21. The van der Waals surface area contributed by atoms with Gasteiger partial charge in [-0.3, -0.25) is 4.79 Å². The van der Waals surface area contributed by atoms with E-state index in [4.69, 9.17) is 4.74 Å². The van der Waals surface area contributed by atoms with Gasteiger partial charge in [-0.2, -0.15) is 0 Å². The average Bonchev–Trinajstić information content (AvgIpc) is 3.13. The van der Waals surface area contributed by atoms with E-state index in [9.17, 15) is 4.79 Å². The number of anilines is 1. The number of carbonyl (C=O) groups excluding carboxylic acids is 1. The number of Topliss-reactive ketones (excluding diaryl/α,β-unsaturated/α-hetero) is 1. The highest BCUT2D eigenvalue weighted by Gasteiger charge is 2.14. The van der Waals surface area contributed by atoms with E-state index in [-0.39, 0.29) is 5.78 Å². The Morgan fingerprint density at radius 2 is 1.69 bits per heavy atom. The summed E-state index contributed by atoms with van der Waals surface area (Å²) in [5.74, 6) is 1.87. The molecule has 3 rings (SSSR count). The molecule has 0 radical (unpaired) electrons. The first-order valence-corrected chi connectivity index (χ1v) is 10.6. The highest BCUT2D eigenvalue weighted by molar-refractivity contribution is 7.99. The van der Waals surface area contributed by atoms with Crippen molar-refractivity contribution in [2.45, 2.75) is 19.0 Å². The van der Waals surface area contributed by atoms with Gasteiger partial charge >= 0.3 is 0 Å². The van der Waals surface area contributed by atoms with Gasteiger partial charge in [-0.05, 0) is 62.4 Å². The fourth-order valence-corrected chi connectivity index (χ4v) is 3.90. The van der Waals surface area contributed by atoms with Crippen LogP contribution in [0.3, 0.4) is 0 Å². The molecule has 0 saturated heterocycles. The van der Waals surface area contributed by atoms with Crippen LogP contribution < -0.4 is 9.64 Å². The van der Waals surface area contributed by atoms with Crippen LogP contribution >= 0.6 is 11.8 Å². The summed E-state index contributed by atoms with van der Waals surface area (Å²) in [4.78, 5) is 14.7. The molecular weight excluding hydrogens is 384 g/mol. The number of benzene rings is 2. The zero-order chi connectivity index (χ0) is 20.8. The molecule has 152 valence electrons. The number of thioether (sulfide) groups is 1. The number of rotatable bonds is 9. The SMILES string of the molecule is CCN(CC)c1ccc(-c2nnc(SCC(=O)c3ccc(OC)cc3)n2C)cc1. The van der Waals surface area contributed by atoms with Crippen LogP contribution in [0.1, 0.15) is 24.2 Å². The standard InChI is InChI=1S/C22H26N4O2S/c1-5-26(6-2)18-11-7-17(8-12-18)21-23-24-22(25(21)3)29-15-20(27)16-9-13-19(28-4)14-10-16/h7-14H,5-6,15H2,1-4H3. The molecule has 2 aromatic carbocycles. The Labute approximate surface area is 175 Å². The van der Waals surface area contributed by atoms with E-state index < -0.39 is 0 Å². The van der Waals surface area contributed by atoms with Crippen molar-refractivity contribution < 1.29 is 9.53 Å². The van der Waals surface area contributed by atoms with Gasteiger partial charge in [-0.1, -0.05) is 11.8 Å². The van der Waals surface area contributed by atoms with E-state index in [1.165, 1.54) is 17.4 Å². The normalized spacial score (nSPS) is 10.8. The molecule has 0 atom stereocenters. The van der Waals surface area contributed by atoms with E-state index in [2.05, 4.69) is 53.2 Å². The molecule has 0 aliphatic rings. The fourth-order valence-electron chi connectivity index (χ4n) is 3.09. The molecule has 0 aliphatic heterocycles. The molecule has 6 nitrogen and oxygen atoms in total.